The maximum Gasteiger partial charge on any atom is 0.338 e. The van der Waals surface area contributed by atoms with Crippen molar-refractivity contribution in [3.8, 4) is 5.75 Å². The Morgan fingerprint density at radius 2 is 2.12 bits per heavy atom. The number of piperidine rings is 1. The summed E-state index contributed by atoms with van der Waals surface area (Å²) in [6, 6.07) is 3.97. The van der Waals surface area contributed by atoms with Gasteiger partial charge in [-0.05, 0) is 45.2 Å². The van der Waals surface area contributed by atoms with Gasteiger partial charge in [0.1, 0.15) is 0 Å². The summed E-state index contributed by atoms with van der Waals surface area (Å²) >= 11 is 0. The van der Waals surface area contributed by atoms with E-state index in [2.05, 4.69) is 0 Å². The molecule has 0 spiro atoms. The van der Waals surface area contributed by atoms with Crippen LogP contribution in [-0.4, -0.2) is 47.5 Å². The van der Waals surface area contributed by atoms with E-state index >= 15 is 0 Å². The Morgan fingerprint density at radius 1 is 1.36 bits per heavy atom. The van der Waals surface area contributed by atoms with Gasteiger partial charge >= 0.3 is 11.7 Å². The highest BCUT2D eigenvalue weighted by molar-refractivity contribution is 5.92. The van der Waals surface area contributed by atoms with Crippen molar-refractivity contribution in [1.29, 1.82) is 0 Å². The summed E-state index contributed by atoms with van der Waals surface area (Å²) in [5.74, 6) is -0.938. The fraction of sp³-hybridized carbons (Fsp3) is 0.529. The van der Waals surface area contributed by atoms with Crippen LogP contribution in [0.3, 0.4) is 0 Å². The Morgan fingerprint density at radius 3 is 2.76 bits per heavy atom. The highest BCUT2D eigenvalue weighted by Gasteiger charge is 2.25. The lowest BCUT2D eigenvalue weighted by molar-refractivity contribution is -0.385. The number of nitrogens with zero attached hydrogens (tertiary/aromatic N) is 2. The summed E-state index contributed by atoms with van der Waals surface area (Å²) < 4.78 is 10.2. The summed E-state index contributed by atoms with van der Waals surface area (Å²) in [6.07, 6.45) is 2.96. The number of carbonyl (C=O) groups excluding carboxylic acids is 2. The maximum absolute atomic E-state index is 12.2. The fourth-order valence-corrected chi connectivity index (χ4v) is 2.83. The first-order chi connectivity index (χ1) is 11.9. The molecule has 0 saturated carbocycles. The summed E-state index contributed by atoms with van der Waals surface area (Å²) in [6.45, 7) is 4.23. The van der Waals surface area contributed by atoms with Crippen molar-refractivity contribution in [2.45, 2.75) is 39.2 Å². The Bertz CT molecular complexity index is 661. The van der Waals surface area contributed by atoms with Crippen LogP contribution in [0.2, 0.25) is 0 Å². The van der Waals surface area contributed by atoms with Gasteiger partial charge in [0.2, 0.25) is 0 Å². The third kappa shape index (κ3) is 4.68. The van der Waals surface area contributed by atoms with Crippen LogP contribution >= 0.6 is 0 Å². The molecular formula is C17H22N2O6. The minimum Gasteiger partial charge on any atom is -0.487 e. The first-order valence-corrected chi connectivity index (χ1v) is 8.31. The number of ether oxygens (including phenoxy) is 2. The van der Waals surface area contributed by atoms with Gasteiger partial charge in [-0.2, -0.15) is 0 Å². The SMILES string of the molecule is CCOc1ccc(C(=O)OCC(=O)N2CCCCC2C)cc1[N+](=O)[O-]. The van der Waals surface area contributed by atoms with E-state index in [-0.39, 0.29) is 42.2 Å². The van der Waals surface area contributed by atoms with Crippen molar-refractivity contribution >= 4 is 17.6 Å². The lowest BCUT2D eigenvalue weighted by atomic mass is 10.0. The van der Waals surface area contributed by atoms with Crippen LogP contribution in [-0.2, 0) is 9.53 Å². The van der Waals surface area contributed by atoms with Crippen molar-refractivity contribution < 1.29 is 24.0 Å². The number of hydrogen-bond acceptors (Lipinski definition) is 6. The van der Waals surface area contributed by atoms with Gasteiger partial charge in [0.15, 0.2) is 12.4 Å². The van der Waals surface area contributed by atoms with Crippen molar-refractivity contribution in [3.63, 3.8) is 0 Å². The topological polar surface area (TPSA) is 99.0 Å². The molecule has 1 aromatic carbocycles. The van der Waals surface area contributed by atoms with E-state index in [1.165, 1.54) is 12.1 Å². The molecule has 1 aliphatic rings. The molecule has 1 aliphatic heterocycles. The van der Waals surface area contributed by atoms with E-state index in [0.717, 1.165) is 25.3 Å². The molecule has 2 rings (SSSR count). The Kier molecular flexibility index (Phi) is 6.32. The minimum absolute atomic E-state index is 0.00893. The third-order valence-electron chi connectivity index (χ3n) is 4.14. The first-order valence-electron chi connectivity index (χ1n) is 8.31. The number of likely N-dealkylation sites (tertiary alicyclic amines) is 1. The van der Waals surface area contributed by atoms with Gasteiger partial charge in [-0.3, -0.25) is 14.9 Å². The standard InChI is InChI=1S/C17H22N2O6/c1-3-24-15-8-7-13(10-14(15)19(22)23)17(21)25-11-16(20)18-9-5-4-6-12(18)2/h7-8,10,12H,3-6,9,11H2,1-2H3. The lowest BCUT2D eigenvalue weighted by Crippen LogP contribution is -2.44. The largest absolute Gasteiger partial charge is 0.487 e. The van der Waals surface area contributed by atoms with Crippen LogP contribution < -0.4 is 4.74 Å². The number of hydrogen-bond donors (Lipinski definition) is 0. The number of nitro groups is 1. The van der Waals surface area contributed by atoms with E-state index in [9.17, 15) is 19.7 Å². The molecular weight excluding hydrogens is 328 g/mol. The van der Waals surface area contributed by atoms with Crippen LogP contribution in [0.15, 0.2) is 18.2 Å². The molecule has 8 heteroatoms. The highest BCUT2D eigenvalue weighted by atomic mass is 16.6. The lowest BCUT2D eigenvalue weighted by Gasteiger charge is -2.33. The van der Waals surface area contributed by atoms with Gasteiger partial charge in [-0.15, -0.1) is 0 Å². The predicted octanol–water partition coefficient (Wildman–Crippen LogP) is 2.55. The van der Waals surface area contributed by atoms with Gasteiger partial charge < -0.3 is 14.4 Å². The zero-order valence-electron chi connectivity index (χ0n) is 14.4. The van der Waals surface area contributed by atoms with Crippen molar-refractivity contribution in [2.24, 2.45) is 0 Å². The number of carbonyl (C=O) groups is 2. The van der Waals surface area contributed by atoms with Gasteiger partial charge in [0.05, 0.1) is 17.1 Å². The van der Waals surface area contributed by atoms with E-state index in [1.54, 1.807) is 11.8 Å². The van der Waals surface area contributed by atoms with Crippen LogP contribution in [0.5, 0.6) is 5.75 Å². The van der Waals surface area contributed by atoms with E-state index in [1.807, 2.05) is 6.92 Å². The van der Waals surface area contributed by atoms with Crippen LogP contribution in [0.25, 0.3) is 0 Å². The third-order valence-corrected chi connectivity index (χ3v) is 4.14. The molecule has 0 aliphatic carbocycles. The number of esters is 1. The van der Waals surface area contributed by atoms with Crippen LogP contribution in [0.4, 0.5) is 5.69 Å². The number of amides is 1. The number of rotatable bonds is 6. The Labute approximate surface area is 145 Å². The molecule has 1 fully saturated rings. The maximum atomic E-state index is 12.2. The van der Waals surface area contributed by atoms with Crippen LogP contribution in [0.1, 0.15) is 43.5 Å². The molecule has 0 radical (unpaired) electrons. The molecule has 25 heavy (non-hydrogen) atoms. The minimum atomic E-state index is -0.774. The van der Waals surface area contributed by atoms with Crippen molar-refractivity contribution in [2.75, 3.05) is 19.8 Å². The molecule has 0 bridgehead atoms. The zero-order chi connectivity index (χ0) is 18.4. The molecule has 1 aromatic rings. The smallest absolute Gasteiger partial charge is 0.338 e. The van der Waals surface area contributed by atoms with Gasteiger partial charge in [-0.1, -0.05) is 0 Å². The summed E-state index contributed by atoms with van der Waals surface area (Å²) in [4.78, 5) is 36.5. The Hall–Kier alpha value is -2.64. The van der Waals surface area contributed by atoms with Crippen molar-refractivity contribution in [3.05, 3.63) is 33.9 Å². The second-order valence-corrected chi connectivity index (χ2v) is 5.88. The molecule has 136 valence electrons. The van der Waals surface area contributed by atoms with Crippen LogP contribution in [0, 0.1) is 10.1 Å². The zero-order valence-corrected chi connectivity index (χ0v) is 14.4. The van der Waals surface area contributed by atoms with Gasteiger partial charge in [0, 0.05) is 18.7 Å². The molecule has 1 amide bonds. The van der Waals surface area contributed by atoms with E-state index < -0.39 is 10.9 Å². The normalized spacial score (nSPS) is 17.0. The average Bonchev–Trinajstić information content (AvgIpc) is 2.60. The molecule has 0 N–H and O–H groups in total. The summed E-state index contributed by atoms with van der Waals surface area (Å²) in [5, 5.41) is 11.1. The molecule has 0 aromatic heterocycles. The number of nitro benzene ring substituents is 1. The quantitative estimate of drug-likeness (QED) is 0.444. The molecule has 1 heterocycles. The summed E-state index contributed by atoms with van der Waals surface area (Å²) in [7, 11) is 0. The molecule has 1 unspecified atom stereocenters. The van der Waals surface area contributed by atoms with Crippen molar-refractivity contribution in [1.82, 2.24) is 4.90 Å². The summed E-state index contributed by atoms with van der Waals surface area (Å²) in [5.41, 5.74) is -0.304. The number of benzene rings is 1. The monoisotopic (exact) mass is 350 g/mol. The van der Waals surface area contributed by atoms with E-state index in [0.29, 0.717) is 6.54 Å². The highest BCUT2D eigenvalue weighted by Crippen LogP contribution is 2.28. The van der Waals surface area contributed by atoms with Gasteiger partial charge in [-0.25, -0.2) is 4.79 Å². The molecule has 1 saturated heterocycles. The van der Waals surface area contributed by atoms with E-state index in [4.69, 9.17) is 9.47 Å². The Balaban J connectivity index is 2.01. The fourth-order valence-electron chi connectivity index (χ4n) is 2.83. The van der Waals surface area contributed by atoms with Gasteiger partial charge in [0.25, 0.3) is 5.91 Å². The molecule has 1 atom stereocenters. The predicted molar refractivity (Wildman–Crippen MR) is 89.6 cm³/mol. The molecule has 8 nitrogen and oxygen atoms in total. The second-order valence-electron chi connectivity index (χ2n) is 5.88. The average molecular weight is 350 g/mol. The first kappa shape index (κ1) is 18.7. The second kappa shape index (κ2) is 8.46.